The highest BCUT2D eigenvalue weighted by atomic mass is 32.2. The fourth-order valence-electron chi connectivity index (χ4n) is 1.78. The molecule has 0 aliphatic carbocycles. The first-order chi connectivity index (χ1) is 8.06. The second-order valence-electron chi connectivity index (χ2n) is 4.23. The van der Waals surface area contributed by atoms with Gasteiger partial charge in [0.25, 0.3) is 0 Å². The van der Waals surface area contributed by atoms with Crippen LogP contribution >= 0.6 is 0 Å². The van der Waals surface area contributed by atoms with Gasteiger partial charge in [-0.3, -0.25) is 0 Å². The van der Waals surface area contributed by atoms with Crippen LogP contribution in [0.5, 0.6) is 0 Å². The summed E-state index contributed by atoms with van der Waals surface area (Å²) in [7, 11) is -3.10. The van der Waals surface area contributed by atoms with Gasteiger partial charge in [-0.25, -0.2) is 8.42 Å². The van der Waals surface area contributed by atoms with Crippen molar-refractivity contribution >= 4 is 9.84 Å². The molecule has 3 nitrogen and oxygen atoms in total. The highest BCUT2D eigenvalue weighted by Gasteiger charge is 2.13. The van der Waals surface area contributed by atoms with Gasteiger partial charge in [0.15, 0.2) is 9.84 Å². The summed E-state index contributed by atoms with van der Waals surface area (Å²) in [6.07, 6.45) is 1.59. The summed E-state index contributed by atoms with van der Waals surface area (Å²) in [6, 6.07) is 9.03. The van der Waals surface area contributed by atoms with Crippen molar-refractivity contribution in [3.05, 3.63) is 30.3 Å². The van der Waals surface area contributed by atoms with Crippen molar-refractivity contribution in [2.45, 2.75) is 37.6 Å². The van der Waals surface area contributed by atoms with Gasteiger partial charge in [0.2, 0.25) is 0 Å². The van der Waals surface area contributed by atoms with E-state index in [0.717, 1.165) is 13.0 Å². The number of sulfone groups is 1. The van der Waals surface area contributed by atoms with Crippen LogP contribution < -0.4 is 5.32 Å². The van der Waals surface area contributed by atoms with Crippen molar-refractivity contribution in [2.24, 2.45) is 0 Å². The first kappa shape index (κ1) is 14.2. The lowest BCUT2D eigenvalue weighted by molar-refractivity contribution is 0.521. The molecule has 1 atom stereocenters. The summed E-state index contributed by atoms with van der Waals surface area (Å²) < 4.78 is 23.9. The van der Waals surface area contributed by atoms with Gasteiger partial charge in [-0.15, -0.1) is 0 Å². The SMILES string of the molecule is CCNC(C)CCCS(=O)(=O)c1ccccc1. The molecule has 0 fully saturated rings. The van der Waals surface area contributed by atoms with E-state index in [1.54, 1.807) is 24.3 Å². The van der Waals surface area contributed by atoms with Gasteiger partial charge in [-0.05, 0) is 38.4 Å². The molecule has 17 heavy (non-hydrogen) atoms. The lowest BCUT2D eigenvalue weighted by atomic mass is 10.2. The van der Waals surface area contributed by atoms with Crippen LogP contribution in [0.2, 0.25) is 0 Å². The molecule has 0 saturated carbocycles. The molecule has 0 aliphatic rings. The third kappa shape index (κ3) is 4.88. The second-order valence-corrected chi connectivity index (χ2v) is 6.34. The zero-order chi connectivity index (χ0) is 12.7. The molecule has 0 spiro atoms. The summed E-state index contributed by atoms with van der Waals surface area (Å²) in [6.45, 7) is 5.06. The molecule has 1 aromatic carbocycles. The van der Waals surface area contributed by atoms with Gasteiger partial charge in [-0.1, -0.05) is 25.1 Å². The van der Waals surface area contributed by atoms with Gasteiger partial charge in [0.1, 0.15) is 0 Å². The van der Waals surface area contributed by atoms with Crippen molar-refractivity contribution < 1.29 is 8.42 Å². The van der Waals surface area contributed by atoms with E-state index in [9.17, 15) is 8.42 Å². The molecule has 0 radical (unpaired) electrons. The summed E-state index contributed by atoms with van der Waals surface area (Å²) in [5.74, 6) is 0.229. The molecule has 0 saturated heterocycles. The number of hydrogen-bond donors (Lipinski definition) is 1. The Morgan fingerprint density at radius 3 is 2.47 bits per heavy atom. The largest absolute Gasteiger partial charge is 0.315 e. The summed E-state index contributed by atoms with van der Waals surface area (Å²) in [5.41, 5.74) is 0. The second kappa shape index (κ2) is 6.77. The van der Waals surface area contributed by atoms with Crippen molar-refractivity contribution in [3.63, 3.8) is 0 Å². The number of hydrogen-bond acceptors (Lipinski definition) is 3. The number of rotatable bonds is 7. The number of nitrogens with one attached hydrogen (secondary N) is 1. The Morgan fingerprint density at radius 2 is 1.88 bits per heavy atom. The zero-order valence-corrected chi connectivity index (χ0v) is 11.3. The Kier molecular flexibility index (Phi) is 5.65. The van der Waals surface area contributed by atoms with Gasteiger partial charge in [0, 0.05) is 6.04 Å². The van der Waals surface area contributed by atoms with Crippen LogP contribution in [0.4, 0.5) is 0 Å². The molecule has 0 aromatic heterocycles. The first-order valence-electron chi connectivity index (χ1n) is 6.07. The highest BCUT2D eigenvalue weighted by Crippen LogP contribution is 2.12. The molecule has 96 valence electrons. The molecular weight excluding hydrogens is 234 g/mol. The van der Waals surface area contributed by atoms with E-state index in [4.69, 9.17) is 0 Å². The molecule has 0 amide bonds. The smallest absolute Gasteiger partial charge is 0.178 e. The topological polar surface area (TPSA) is 46.2 Å². The lowest BCUT2D eigenvalue weighted by Gasteiger charge is -2.11. The van der Waals surface area contributed by atoms with Crippen LogP contribution in [0.25, 0.3) is 0 Å². The Hall–Kier alpha value is -0.870. The Bertz CT molecular complexity index is 414. The minimum Gasteiger partial charge on any atom is -0.315 e. The van der Waals surface area contributed by atoms with Gasteiger partial charge < -0.3 is 5.32 Å². The standard InChI is InChI=1S/C13H21NO2S/c1-3-14-12(2)8-7-11-17(15,16)13-9-5-4-6-10-13/h4-6,9-10,12,14H,3,7-8,11H2,1-2H3. The van der Waals surface area contributed by atoms with E-state index in [2.05, 4.69) is 19.2 Å². The monoisotopic (exact) mass is 255 g/mol. The van der Waals surface area contributed by atoms with Gasteiger partial charge >= 0.3 is 0 Å². The maximum Gasteiger partial charge on any atom is 0.178 e. The molecule has 4 heteroatoms. The Morgan fingerprint density at radius 1 is 1.24 bits per heavy atom. The quantitative estimate of drug-likeness (QED) is 0.812. The average molecular weight is 255 g/mol. The molecule has 0 heterocycles. The molecule has 1 N–H and O–H groups in total. The predicted octanol–water partition coefficient (Wildman–Crippen LogP) is 2.24. The van der Waals surface area contributed by atoms with Crippen LogP contribution in [0.1, 0.15) is 26.7 Å². The first-order valence-corrected chi connectivity index (χ1v) is 7.72. The van der Waals surface area contributed by atoms with E-state index < -0.39 is 9.84 Å². The van der Waals surface area contributed by atoms with Gasteiger partial charge in [-0.2, -0.15) is 0 Å². The zero-order valence-electron chi connectivity index (χ0n) is 10.5. The van der Waals surface area contributed by atoms with E-state index in [0.29, 0.717) is 17.4 Å². The number of benzene rings is 1. The third-order valence-corrected chi connectivity index (χ3v) is 4.52. The van der Waals surface area contributed by atoms with Crippen molar-refractivity contribution in [3.8, 4) is 0 Å². The van der Waals surface area contributed by atoms with Crippen LogP contribution in [-0.4, -0.2) is 26.8 Å². The van der Waals surface area contributed by atoms with E-state index in [1.165, 1.54) is 0 Å². The minimum atomic E-state index is -3.10. The maximum atomic E-state index is 12.0. The summed E-state index contributed by atoms with van der Waals surface area (Å²) in [4.78, 5) is 0.427. The summed E-state index contributed by atoms with van der Waals surface area (Å²) >= 11 is 0. The Labute approximate surface area is 104 Å². The fourth-order valence-corrected chi connectivity index (χ4v) is 3.13. The molecule has 1 aromatic rings. The highest BCUT2D eigenvalue weighted by molar-refractivity contribution is 7.91. The minimum absolute atomic E-state index is 0.229. The average Bonchev–Trinajstić information content (AvgIpc) is 2.30. The van der Waals surface area contributed by atoms with Crippen molar-refractivity contribution in [1.82, 2.24) is 5.32 Å². The molecular formula is C13H21NO2S. The van der Waals surface area contributed by atoms with E-state index >= 15 is 0 Å². The lowest BCUT2D eigenvalue weighted by Crippen LogP contribution is -2.26. The molecule has 0 aliphatic heterocycles. The van der Waals surface area contributed by atoms with Crippen LogP contribution in [0.3, 0.4) is 0 Å². The van der Waals surface area contributed by atoms with E-state index in [1.807, 2.05) is 6.07 Å². The van der Waals surface area contributed by atoms with Crippen LogP contribution in [0.15, 0.2) is 35.2 Å². The Balaban J connectivity index is 2.46. The fraction of sp³-hybridized carbons (Fsp3) is 0.538. The maximum absolute atomic E-state index is 12.0. The van der Waals surface area contributed by atoms with Crippen molar-refractivity contribution in [2.75, 3.05) is 12.3 Å². The summed E-state index contributed by atoms with van der Waals surface area (Å²) in [5, 5.41) is 3.28. The van der Waals surface area contributed by atoms with Gasteiger partial charge in [0.05, 0.1) is 10.6 Å². The predicted molar refractivity (Wildman–Crippen MR) is 70.9 cm³/mol. The van der Waals surface area contributed by atoms with E-state index in [-0.39, 0.29) is 5.75 Å². The van der Waals surface area contributed by atoms with Crippen LogP contribution in [0, 0.1) is 0 Å². The molecule has 1 rings (SSSR count). The normalized spacial score (nSPS) is 13.5. The van der Waals surface area contributed by atoms with Crippen LogP contribution in [-0.2, 0) is 9.84 Å². The third-order valence-electron chi connectivity index (χ3n) is 2.71. The molecule has 1 unspecified atom stereocenters. The van der Waals surface area contributed by atoms with Crippen molar-refractivity contribution in [1.29, 1.82) is 0 Å². The molecule has 0 bridgehead atoms.